The zero-order valence-corrected chi connectivity index (χ0v) is 28.3. The van der Waals surface area contributed by atoms with Crippen molar-refractivity contribution in [2.45, 2.75) is 19.3 Å². The van der Waals surface area contributed by atoms with Crippen molar-refractivity contribution < 1.29 is 0 Å². The van der Waals surface area contributed by atoms with Crippen LogP contribution in [-0.4, -0.2) is 0 Å². The van der Waals surface area contributed by atoms with Crippen LogP contribution in [0.3, 0.4) is 0 Å². The maximum absolute atomic E-state index is 2.48. The predicted molar refractivity (Wildman–Crippen MR) is 212 cm³/mol. The van der Waals surface area contributed by atoms with E-state index in [-0.39, 0.29) is 5.41 Å². The fourth-order valence-electron chi connectivity index (χ4n) is 8.16. The molecule has 8 aromatic carbocycles. The van der Waals surface area contributed by atoms with Crippen LogP contribution in [0.4, 0.5) is 17.1 Å². The van der Waals surface area contributed by atoms with Crippen LogP contribution in [0, 0.1) is 0 Å². The number of rotatable bonds is 4. The third-order valence-corrected chi connectivity index (χ3v) is 11.8. The first-order valence-electron chi connectivity index (χ1n) is 17.0. The van der Waals surface area contributed by atoms with Crippen molar-refractivity contribution in [3.05, 3.63) is 175 Å². The fraction of sp³-hybridized carbons (Fsp3) is 0.0638. The summed E-state index contributed by atoms with van der Waals surface area (Å²) >= 11 is 1.90. The molecular weight excluding hydrogens is 611 g/mol. The molecular formula is C47H33NS. The average molecular weight is 644 g/mol. The zero-order valence-electron chi connectivity index (χ0n) is 27.4. The van der Waals surface area contributed by atoms with Gasteiger partial charge in [-0.15, -0.1) is 11.3 Å². The molecule has 1 aliphatic rings. The Hall–Kier alpha value is -5.70. The van der Waals surface area contributed by atoms with Gasteiger partial charge in [0.1, 0.15) is 0 Å². The first kappa shape index (κ1) is 28.3. The molecule has 0 unspecified atom stereocenters. The van der Waals surface area contributed by atoms with Crippen LogP contribution in [0.25, 0.3) is 64.0 Å². The Morgan fingerprint density at radius 2 is 1.10 bits per heavy atom. The average Bonchev–Trinajstić information content (AvgIpc) is 3.63. The number of thiophene rings is 1. The lowest BCUT2D eigenvalue weighted by atomic mass is 9.82. The molecule has 2 heteroatoms. The van der Waals surface area contributed by atoms with Gasteiger partial charge >= 0.3 is 0 Å². The maximum Gasteiger partial charge on any atom is 0.0540 e. The van der Waals surface area contributed by atoms with E-state index in [2.05, 4.69) is 183 Å². The Bertz CT molecular complexity index is 2770. The van der Waals surface area contributed by atoms with Gasteiger partial charge < -0.3 is 4.90 Å². The van der Waals surface area contributed by atoms with Crippen LogP contribution >= 0.6 is 11.3 Å². The quantitative estimate of drug-likeness (QED) is 0.184. The van der Waals surface area contributed by atoms with Crippen molar-refractivity contribution in [3.8, 4) is 22.3 Å². The van der Waals surface area contributed by atoms with Gasteiger partial charge in [-0.3, -0.25) is 0 Å². The van der Waals surface area contributed by atoms with Crippen molar-refractivity contribution in [2.24, 2.45) is 0 Å². The zero-order chi connectivity index (χ0) is 32.7. The minimum atomic E-state index is -0.0953. The molecule has 0 saturated heterocycles. The molecule has 1 aliphatic carbocycles. The molecule has 0 saturated carbocycles. The normalized spacial score (nSPS) is 13.3. The Morgan fingerprint density at radius 3 is 2.00 bits per heavy atom. The Kier molecular flexibility index (Phi) is 6.16. The number of hydrogen-bond donors (Lipinski definition) is 0. The molecule has 1 nitrogen and oxygen atoms in total. The summed E-state index contributed by atoms with van der Waals surface area (Å²) in [5.74, 6) is 0. The molecule has 0 N–H and O–H groups in total. The van der Waals surface area contributed by atoms with Gasteiger partial charge in [-0.1, -0.05) is 141 Å². The first-order valence-corrected chi connectivity index (χ1v) is 17.8. The van der Waals surface area contributed by atoms with E-state index in [1.54, 1.807) is 0 Å². The van der Waals surface area contributed by atoms with E-state index in [1.165, 1.54) is 80.8 Å². The minimum Gasteiger partial charge on any atom is -0.310 e. The Labute approximate surface area is 290 Å². The lowest BCUT2D eigenvalue weighted by Gasteiger charge is -2.30. The number of anilines is 3. The van der Waals surface area contributed by atoms with E-state index in [0.29, 0.717) is 0 Å². The summed E-state index contributed by atoms with van der Waals surface area (Å²) in [7, 11) is 0. The molecule has 0 amide bonds. The molecule has 49 heavy (non-hydrogen) atoms. The second-order valence-electron chi connectivity index (χ2n) is 13.8. The summed E-state index contributed by atoms with van der Waals surface area (Å²) < 4.78 is 2.65. The van der Waals surface area contributed by atoms with Gasteiger partial charge in [0.2, 0.25) is 0 Å². The molecule has 0 spiro atoms. The summed E-state index contributed by atoms with van der Waals surface area (Å²) in [6, 6.07) is 60.7. The third-order valence-electron chi connectivity index (χ3n) is 10.6. The van der Waals surface area contributed by atoms with E-state index >= 15 is 0 Å². The van der Waals surface area contributed by atoms with Crippen LogP contribution in [0.5, 0.6) is 0 Å². The largest absolute Gasteiger partial charge is 0.310 e. The number of hydrogen-bond acceptors (Lipinski definition) is 2. The molecule has 1 heterocycles. The molecule has 0 bridgehead atoms. The van der Waals surface area contributed by atoms with Gasteiger partial charge in [-0.05, 0) is 85.8 Å². The summed E-state index contributed by atoms with van der Waals surface area (Å²) in [6.07, 6.45) is 0. The molecule has 0 radical (unpaired) electrons. The monoisotopic (exact) mass is 643 g/mol. The van der Waals surface area contributed by atoms with Gasteiger partial charge in [0.05, 0.1) is 5.69 Å². The predicted octanol–water partition coefficient (Wildman–Crippen LogP) is 13.8. The highest BCUT2D eigenvalue weighted by molar-refractivity contribution is 7.26. The molecule has 232 valence electrons. The van der Waals surface area contributed by atoms with Gasteiger partial charge in [0.25, 0.3) is 0 Å². The second-order valence-corrected chi connectivity index (χ2v) is 14.8. The smallest absolute Gasteiger partial charge is 0.0540 e. The van der Waals surface area contributed by atoms with E-state index in [4.69, 9.17) is 0 Å². The maximum atomic E-state index is 2.48. The molecule has 9 aromatic rings. The summed E-state index contributed by atoms with van der Waals surface area (Å²) in [5, 5.41) is 7.74. The van der Waals surface area contributed by atoms with E-state index in [0.717, 1.165) is 11.4 Å². The number of nitrogens with zero attached hydrogens (tertiary/aromatic N) is 1. The van der Waals surface area contributed by atoms with Crippen LogP contribution in [0.1, 0.15) is 25.0 Å². The van der Waals surface area contributed by atoms with Crippen LogP contribution in [0.2, 0.25) is 0 Å². The highest BCUT2D eigenvalue weighted by Crippen LogP contribution is 2.52. The van der Waals surface area contributed by atoms with E-state index in [9.17, 15) is 0 Å². The summed E-state index contributed by atoms with van der Waals surface area (Å²) in [4.78, 5) is 2.48. The highest BCUT2D eigenvalue weighted by atomic mass is 32.1. The molecule has 10 rings (SSSR count). The lowest BCUT2D eigenvalue weighted by molar-refractivity contribution is 0.660. The highest BCUT2D eigenvalue weighted by Gasteiger charge is 2.36. The van der Waals surface area contributed by atoms with Gasteiger partial charge in [0.15, 0.2) is 0 Å². The Balaban J connectivity index is 1.21. The lowest BCUT2D eigenvalue weighted by Crippen LogP contribution is -2.16. The summed E-state index contributed by atoms with van der Waals surface area (Å²) in [6.45, 7) is 4.73. The minimum absolute atomic E-state index is 0.0953. The van der Waals surface area contributed by atoms with Crippen molar-refractivity contribution in [3.63, 3.8) is 0 Å². The fourth-order valence-corrected chi connectivity index (χ4v) is 9.43. The SMILES string of the molecule is CC1(C)c2ccccc2-c2ccc(N(c3ccc4c(c3)sc3c5ccccc5ccc43)c3ccccc3-c3ccc4ccccc4c3)cc21. The number of fused-ring (bicyclic) bond motifs is 9. The van der Waals surface area contributed by atoms with Crippen LogP contribution in [-0.2, 0) is 5.41 Å². The van der Waals surface area contributed by atoms with Crippen molar-refractivity contribution >= 4 is 70.1 Å². The van der Waals surface area contributed by atoms with Crippen molar-refractivity contribution in [2.75, 3.05) is 4.90 Å². The van der Waals surface area contributed by atoms with Gasteiger partial charge in [0, 0.05) is 42.5 Å². The standard InChI is InChI=1S/C47H33NS/c1-47(2)42-17-9-7-16-38(42)39-25-22-34(28-43(39)47)48(44-18-10-8-14-36(44)33-20-19-30-11-3-4-13-32(30)27-33)35-23-26-40-41-24-21-31-12-5-6-15-37(31)46(41)49-45(40)29-35/h3-29H,1-2H3. The van der Waals surface area contributed by atoms with Crippen LogP contribution in [0.15, 0.2) is 164 Å². The number of benzene rings is 8. The van der Waals surface area contributed by atoms with Crippen LogP contribution < -0.4 is 4.90 Å². The van der Waals surface area contributed by atoms with E-state index in [1.807, 2.05) is 11.3 Å². The van der Waals surface area contributed by atoms with Crippen molar-refractivity contribution in [1.82, 2.24) is 0 Å². The Morgan fingerprint density at radius 1 is 0.449 bits per heavy atom. The second kappa shape index (κ2) is 10.7. The molecule has 0 fully saturated rings. The van der Waals surface area contributed by atoms with E-state index < -0.39 is 0 Å². The number of para-hydroxylation sites is 1. The van der Waals surface area contributed by atoms with Crippen molar-refractivity contribution in [1.29, 1.82) is 0 Å². The summed E-state index contributed by atoms with van der Waals surface area (Å²) in [5.41, 5.74) is 11.2. The topological polar surface area (TPSA) is 3.24 Å². The first-order chi connectivity index (χ1) is 24.0. The van der Waals surface area contributed by atoms with Gasteiger partial charge in [-0.2, -0.15) is 0 Å². The van der Waals surface area contributed by atoms with Gasteiger partial charge in [-0.25, -0.2) is 0 Å². The molecule has 1 aromatic heterocycles. The molecule has 0 atom stereocenters. The molecule has 0 aliphatic heterocycles. The third kappa shape index (κ3) is 4.31.